The Morgan fingerprint density at radius 3 is 2.52 bits per heavy atom. The highest BCUT2D eigenvalue weighted by atomic mass is 32.2. The third kappa shape index (κ3) is 4.72. The average molecular weight is 404 g/mol. The molecule has 1 fully saturated rings. The summed E-state index contributed by atoms with van der Waals surface area (Å²) in [6, 6.07) is 11.6. The summed E-state index contributed by atoms with van der Waals surface area (Å²) >= 11 is 3.24. The first-order valence-corrected chi connectivity index (χ1v) is 11.1. The predicted octanol–water partition coefficient (Wildman–Crippen LogP) is 2.80. The molecule has 1 aliphatic rings. The highest BCUT2D eigenvalue weighted by molar-refractivity contribution is 7.99. The van der Waals surface area contributed by atoms with E-state index in [2.05, 4.69) is 30.6 Å². The lowest BCUT2D eigenvalue weighted by molar-refractivity contribution is 0.0782. The monoisotopic (exact) mass is 403 g/mol. The number of likely N-dealkylation sites (N-methyl/N-ethyl adjacent to an activating group) is 1. The first-order valence-electron chi connectivity index (χ1n) is 8.88. The van der Waals surface area contributed by atoms with Gasteiger partial charge in [-0.25, -0.2) is 0 Å². The van der Waals surface area contributed by atoms with Gasteiger partial charge in [0.2, 0.25) is 0 Å². The number of hydrogen-bond acceptors (Lipinski definition) is 5. The lowest BCUT2D eigenvalue weighted by Gasteiger charge is -2.23. The van der Waals surface area contributed by atoms with Crippen LogP contribution in [0.3, 0.4) is 0 Å². The van der Waals surface area contributed by atoms with Gasteiger partial charge in [-0.3, -0.25) is 9.59 Å². The lowest BCUT2D eigenvalue weighted by atomic mass is 10.1. The lowest BCUT2D eigenvalue weighted by Crippen LogP contribution is -2.37. The molecule has 0 bridgehead atoms. The molecule has 1 N–H and O–H groups in total. The first-order chi connectivity index (χ1) is 13.0. The molecule has 0 radical (unpaired) electrons. The maximum atomic E-state index is 12.8. The Kier molecular flexibility index (Phi) is 6.57. The molecule has 3 rings (SSSR count). The van der Waals surface area contributed by atoms with Crippen LogP contribution < -0.4 is 5.32 Å². The van der Waals surface area contributed by atoms with Crippen LogP contribution >= 0.6 is 23.1 Å². The normalized spacial score (nSPS) is 19.5. The van der Waals surface area contributed by atoms with E-state index in [0.717, 1.165) is 18.7 Å². The van der Waals surface area contributed by atoms with Crippen LogP contribution in [0.4, 0.5) is 0 Å². The van der Waals surface area contributed by atoms with E-state index in [9.17, 15) is 9.59 Å². The van der Waals surface area contributed by atoms with Gasteiger partial charge >= 0.3 is 0 Å². The van der Waals surface area contributed by atoms with E-state index >= 15 is 0 Å². The zero-order chi connectivity index (χ0) is 19.4. The van der Waals surface area contributed by atoms with Crippen molar-refractivity contribution in [3.05, 3.63) is 57.8 Å². The summed E-state index contributed by atoms with van der Waals surface area (Å²) in [5.74, 6) is 0.00706. The number of benzene rings is 1. The molecule has 2 atom stereocenters. The van der Waals surface area contributed by atoms with Crippen LogP contribution in [0, 0.1) is 0 Å². The Morgan fingerprint density at radius 2 is 1.96 bits per heavy atom. The predicted molar refractivity (Wildman–Crippen MR) is 113 cm³/mol. The molecule has 2 aromatic rings. The van der Waals surface area contributed by atoms with Gasteiger partial charge < -0.3 is 15.1 Å². The molecule has 0 unspecified atom stereocenters. The zero-order valence-electron chi connectivity index (χ0n) is 15.8. The van der Waals surface area contributed by atoms with Crippen LogP contribution in [-0.4, -0.2) is 66.3 Å². The number of thioether (sulfide) groups is 1. The minimum atomic E-state index is -0.0694. The molecule has 1 aromatic carbocycles. The van der Waals surface area contributed by atoms with Crippen molar-refractivity contribution >= 4 is 34.9 Å². The van der Waals surface area contributed by atoms with Crippen LogP contribution in [0.5, 0.6) is 0 Å². The molecule has 2 amide bonds. The van der Waals surface area contributed by atoms with E-state index < -0.39 is 0 Å². The van der Waals surface area contributed by atoms with Crippen molar-refractivity contribution in [2.45, 2.75) is 17.8 Å². The third-order valence-electron chi connectivity index (χ3n) is 4.89. The summed E-state index contributed by atoms with van der Waals surface area (Å²) in [5.41, 5.74) is 1.67. The molecular formula is C20H25N3O2S2. The minimum absolute atomic E-state index is 0.0694. The molecule has 1 saturated heterocycles. The summed E-state index contributed by atoms with van der Waals surface area (Å²) in [7, 11) is 4.14. The van der Waals surface area contributed by atoms with Crippen molar-refractivity contribution < 1.29 is 9.59 Å². The Hall–Kier alpha value is -1.83. The molecular weight excluding hydrogens is 378 g/mol. The number of thiophene rings is 1. The van der Waals surface area contributed by atoms with Gasteiger partial charge in [-0.1, -0.05) is 18.2 Å². The highest BCUT2D eigenvalue weighted by Crippen LogP contribution is 2.25. The number of rotatable bonds is 6. The van der Waals surface area contributed by atoms with Gasteiger partial charge in [-0.2, -0.15) is 11.8 Å². The van der Waals surface area contributed by atoms with Gasteiger partial charge in [0.25, 0.3) is 11.8 Å². The highest BCUT2D eigenvalue weighted by Gasteiger charge is 2.36. The maximum Gasteiger partial charge on any atom is 0.261 e. The van der Waals surface area contributed by atoms with E-state index in [4.69, 9.17) is 0 Å². The molecule has 1 aliphatic heterocycles. The quantitative estimate of drug-likeness (QED) is 0.806. The zero-order valence-corrected chi connectivity index (χ0v) is 17.5. The van der Waals surface area contributed by atoms with E-state index in [1.54, 1.807) is 6.07 Å². The van der Waals surface area contributed by atoms with Gasteiger partial charge in [0.05, 0.1) is 4.88 Å². The first kappa shape index (κ1) is 19.9. The summed E-state index contributed by atoms with van der Waals surface area (Å²) in [6.07, 6.45) is 2.11. The molecule has 1 aromatic heterocycles. The molecule has 27 heavy (non-hydrogen) atoms. The molecule has 2 heterocycles. The topological polar surface area (TPSA) is 52.7 Å². The van der Waals surface area contributed by atoms with Gasteiger partial charge in [-0.05, 0) is 49.5 Å². The fourth-order valence-electron chi connectivity index (χ4n) is 3.28. The van der Waals surface area contributed by atoms with E-state index in [-0.39, 0.29) is 11.8 Å². The number of hydrogen-bond donors (Lipinski definition) is 1. The van der Waals surface area contributed by atoms with Crippen LogP contribution in [0.15, 0.2) is 41.8 Å². The molecule has 0 spiro atoms. The number of amides is 2. The Balaban J connectivity index is 1.58. The van der Waals surface area contributed by atoms with Crippen LogP contribution in [0.25, 0.3) is 0 Å². The molecule has 144 valence electrons. The number of nitrogens with one attached hydrogen (secondary N) is 1. The molecule has 7 heteroatoms. The Labute approximate surface area is 168 Å². The van der Waals surface area contributed by atoms with Crippen molar-refractivity contribution in [3.63, 3.8) is 0 Å². The Morgan fingerprint density at radius 1 is 1.22 bits per heavy atom. The Bertz CT molecular complexity index is 775. The summed E-state index contributed by atoms with van der Waals surface area (Å²) in [6.45, 7) is 1.99. The fraction of sp³-hybridized carbons (Fsp3) is 0.400. The standard InChI is InChI=1S/C20H25N3O2S2/c1-22(2)16-12-23(13-18(16)26-3)20(25)15-8-6-14(7-9-15)11-21-19(24)17-5-4-10-27-17/h4-10,16,18H,11-13H2,1-3H3,(H,21,24)/t16-,18+/m0/s1. The van der Waals surface area contributed by atoms with Gasteiger partial charge in [0.15, 0.2) is 0 Å². The second-order valence-corrected chi connectivity index (χ2v) is 8.90. The van der Waals surface area contributed by atoms with Gasteiger partial charge in [-0.15, -0.1) is 11.3 Å². The van der Waals surface area contributed by atoms with Crippen LogP contribution in [0.2, 0.25) is 0 Å². The molecule has 5 nitrogen and oxygen atoms in total. The van der Waals surface area contributed by atoms with Crippen molar-refractivity contribution in [1.29, 1.82) is 0 Å². The second-order valence-electron chi connectivity index (χ2n) is 6.87. The number of likely N-dealkylation sites (tertiary alicyclic amines) is 1. The van der Waals surface area contributed by atoms with E-state index in [1.165, 1.54) is 11.3 Å². The van der Waals surface area contributed by atoms with Crippen LogP contribution in [-0.2, 0) is 6.54 Å². The van der Waals surface area contributed by atoms with Crippen molar-refractivity contribution in [3.8, 4) is 0 Å². The van der Waals surface area contributed by atoms with Crippen molar-refractivity contribution in [2.75, 3.05) is 33.4 Å². The van der Waals surface area contributed by atoms with Gasteiger partial charge in [0, 0.05) is 36.5 Å². The average Bonchev–Trinajstić information content (AvgIpc) is 3.35. The smallest absolute Gasteiger partial charge is 0.261 e. The number of carbonyl (C=O) groups excluding carboxylic acids is 2. The third-order valence-corrected chi connectivity index (χ3v) is 6.83. The van der Waals surface area contributed by atoms with Crippen molar-refractivity contribution in [1.82, 2.24) is 15.1 Å². The number of nitrogens with zero attached hydrogens (tertiary/aromatic N) is 2. The van der Waals surface area contributed by atoms with E-state index in [1.807, 2.05) is 52.4 Å². The summed E-state index contributed by atoms with van der Waals surface area (Å²) in [4.78, 5) is 29.7. The maximum absolute atomic E-state index is 12.8. The van der Waals surface area contributed by atoms with E-state index in [0.29, 0.717) is 28.3 Å². The minimum Gasteiger partial charge on any atom is -0.347 e. The largest absolute Gasteiger partial charge is 0.347 e. The molecule has 0 saturated carbocycles. The SMILES string of the molecule is CS[C@@H]1CN(C(=O)c2ccc(CNC(=O)c3cccs3)cc2)C[C@@H]1N(C)C. The summed E-state index contributed by atoms with van der Waals surface area (Å²) in [5, 5.41) is 5.23. The summed E-state index contributed by atoms with van der Waals surface area (Å²) < 4.78 is 0. The van der Waals surface area contributed by atoms with Crippen molar-refractivity contribution in [2.24, 2.45) is 0 Å². The fourth-order valence-corrected chi connectivity index (χ4v) is 4.89. The molecule has 0 aliphatic carbocycles. The van der Waals surface area contributed by atoms with Crippen LogP contribution in [0.1, 0.15) is 25.6 Å². The second kappa shape index (κ2) is 8.91. The van der Waals surface area contributed by atoms with Gasteiger partial charge in [0.1, 0.15) is 0 Å². The number of carbonyl (C=O) groups is 2.